The Hall–Kier alpha value is -1.70. The van der Waals surface area contributed by atoms with Crippen LogP contribution in [-0.2, 0) is 14.8 Å². The number of ether oxygens (including phenoxy) is 1. The van der Waals surface area contributed by atoms with E-state index in [1.54, 1.807) is 18.5 Å². The Morgan fingerprint density at radius 2 is 1.67 bits per heavy atom. The molecule has 130 valence electrons. The van der Waals surface area contributed by atoms with Crippen molar-refractivity contribution in [1.29, 1.82) is 0 Å². The van der Waals surface area contributed by atoms with Gasteiger partial charge in [-0.25, -0.2) is 13.1 Å². The molecule has 0 radical (unpaired) electrons. The summed E-state index contributed by atoms with van der Waals surface area (Å²) in [6.45, 7) is 8.06. The van der Waals surface area contributed by atoms with Crippen LogP contribution in [0.3, 0.4) is 0 Å². The van der Waals surface area contributed by atoms with E-state index in [9.17, 15) is 8.42 Å². The highest BCUT2D eigenvalue weighted by atomic mass is 32.2. The second-order valence-electron chi connectivity index (χ2n) is 6.33. The van der Waals surface area contributed by atoms with Crippen LogP contribution in [0.25, 0.3) is 5.69 Å². The summed E-state index contributed by atoms with van der Waals surface area (Å²) in [6, 6.07) is 9.56. The van der Waals surface area contributed by atoms with Crippen LogP contribution >= 0.6 is 0 Å². The molecule has 1 aliphatic rings. The van der Waals surface area contributed by atoms with Gasteiger partial charge in [-0.1, -0.05) is 18.2 Å². The van der Waals surface area contributed by atoms with Gasteiger partial charge in [-0.3, -0.25) is 0 Å². The largest absolute Gasteiger partial charge is 0.373 e. The molecule has 1 aromatic carbocycles. The van der Waals surface area contributed by atoms with Crippen molar-refractivity contribution in [3.05, 3.63) is 41.7 Å². The first-order valence-electron chi connectivity index (χ1n) is 8.08. The van der Waals surface area contributed by atoms with Crippen LogP contribution in [-0.4, -0.2) is 47.8 Å². The van der Waals surface area contributed by atoms with E-state index in [4.69, 9.17) is 4.74 Å². The van der Waals surface area contributed by atoms with Crippen molar-refractivity contribution in [2.45, 2.75) is 44.8 Å². The van der Waals surface area contributed by atoms with Crippen molar-refractivity contribution in [3.8, 4) is 5.69 Å². The standard InChI is InChI=1S/C17H23N3O3S/c1-12-10-19(11-13(2)23-12)24(21,22)17-14(3)18-20(15(17)4)16-8-6-5-7-9-16/h5-9,12-13H,10-11H2,1-4H3. The molecular formula is C17H23N3O3S. The molecular weight excluding hydrogens is 326 g/mol. The Balaban J connectivity index is 2.04. The van der Waals surface area contributed by atoms with Gasteiger partial charge in [-0.15, -0.1) is 0 Å². The number of para-hydroxylation sites is 1. The van der Waals surface area contributed by atoms with E-state index in [1.807, 2.05) is 44.2 Å². The number of benzene rings is 1. The fraction of sp³-hybridized carbons (Fsp3) is 0.471. The Morgan fingerprint density at radius 1 is 1.08 bits per heavy atom. The van der Waals surface area contributed by atoms with Crippen LogP contribution in [0.4, 0.5) is 0 Å². The summed E-state index contributed by atoms with van der Waals surface area (Å²) >= 11 is 0. The molecule has 0 bridgehead atoms. The van der Waals surface area contributed by atoms with Crippen molar-refractivity contribution in [2.24, 2.45) is 0 Å². The lowest BCUT2D eigenvalue weighted by molar-refractivity contribution is -0.0441. The highest BCUT2D eigenvalue weighted by Gasteiger charge is 2.35. The molecule has 1 aliphatic heterocycles. The van der Waals surface area contributed by atoms with E-state index in [1.165, 1.54) is 4.31 Å². The summed E-state index contributed by atoms with van der Waals surface area (Å²) in [5.74, 6) is 0. The van der Waals surface area contributed by atoms with Gasteiger partial charge in [0.1, 0.15) is 4.90 Å². The molecule has 24 heavy (non-hydrogen) atoms. The third-order valence-electron chi connectivity index (χ3n) is 4.21. The molecule has 1 saturated heterocycles. The first-order valence-corrected chi connectivity index (χ1v) is 9.52. The number of aromatic nitrogens is 2. The number of hydrogen-bond acceptors (Lipinski definition) is 4. The Kier molecular flexibility index (Phi) is 4.50. The van der Waals surface area contributed by atoms with Gasteiger partial charge in [0.25, 0.3) is 0 Å². The Bertz CT molecular complexity index is 820. The molecule has 1 fully saturated rings. The fourth-order valence-electron chi connectivity index (χ4n) is 3.28. The summed E-state index contributed by atoms with van der Waals surface area (Å²) in [5, 5.41) is 4.46. The van der Waals surface area contributed by atoms with Crippen LogP contribution in [0.15, 0.2) is 35.2 Å². The average Bonchev–Trinajstić information content (AvgIpc) is 2.82. The second kappa shape index (κ2) is 6.31. The van der Waals surface area contributed by atoms with Crippen LogP contribution in [0.5, 0.6) is 0 Å². The summed E-state index contributed by atoms with van der Waals surface area (Å²) in [6.07, 6.45) is -0.235. The highest BCUT2D eigenvalue weighted by Crippen LogP contribution is 2.27. The van der Waals surface area contributed by atoms with Crippen molar-refractivity contribution in [2.75, 3.05) is 13.1 Å². The van der Waals surface area contributed by atoms with Crippen molar-refractivity contribution >= 4 is 10.0 Å². The molecule has 0 spiro atoms. The first kappa shape index (κ1) is 17.1. The molecule has 7 heteroatoms. The van der Waals surface area contributed by atoms with E-state index in [2.05, 4.69) is 5.10 Å². The maximum absolute atomic E-state index is 13.2. The molecule has 0 aliphatic carbocycles. The lowest BCUT2D eigenvalue weighted by Gasteiger charge is -2.34. The molecule has 2 unspecified atom stereocenters. The molecule has 2 atom stereocenters. The average molecular weight is 349 g/mol. The number of morpholine rings is 1. The van der Waals surface area contributed by atoms with Crippen molar-refractivity contribution in [3.63, 3.8) is 0 Å². The van der Waals surface area contributed by atoms with Crippen molar-refractivity contribution < 1.29 is 13.2 Å². The van der Waals surface area contributed by atoms with E-state index < -0.39 is 10.0 Å². The number of nitrogens with zero attached hydrogens (tertiary/aromatic N) is 3. The quantitative estimate of drug-likeness (QED) is 0.853. The zero-order chi connectivity index (χ0) is 17.5. The molecule has 1 aromatic heterocycles. The smallest absolute Gasteiger partial charge is 0.246 e. The van der Waals surface area contributed by atoms with Crippen LogP contribution in [0.2, 0.25) is 0 Å². The fourth-order valence-corrected chi connectivity index (χ4v) is 5.22. The third-order valence-corrected chi connectivity index (χ3v) is 6.29. The summed E-state index contributed by atoms with van der Waals surface area (Å²) < 4.78 is 35.2. The van der Waals surface area contributed by atoms with Gasteiger partial charge in [-0.2, -0.15) is 9.40 Å². The SMILES string of the molecule is Cc1nn(-c2ccccc2)c(C)c1S(=O)(=O)N1CC(C)OC(C)C1. The van der Waals surface area contributed by atoms with E-state index in [-0.39, 0.29) is 12.2 Å². The van der Waals surface area contributed by atoms with Gasteiger partial charge >= 0.3 is 0 Å². The summed E-state index contributed by atoms with van der Waals surface area (Å²) in [7, 11) is -3.61. The van der Waals surface area contributed by atoms with Crippen LogP contribution < -0.4 is 0 Å². The Morgan fingerprint density at radius 3 is 2.25 bits per heavy atom. The number of rotatable bonds is 3. The highest BCUT2D eigenvalue weighted by molar-refractivity contribution is 7.89. The van der Waals surface area contributed by atoms with E-state index >= 15 is 0 Å². The van der Waals surface area contributed by atoms with Gasteiger partial charge < -0.3 is 4.74 Å². The van der Waals surface area contributed by atoms with E-state index in [0.29, 0.717) is 29.4 Å². The number of hydrogen-bond donors (Lipinski definition) is 0. The van der Waals surface area contributed by atoms with E-state index in [0.717, 1.165) is 5.69 Å². The Labute approximate surface area is 143 Å². The molecule has 6 nitrogen and oxygen atoms in total. The predicted molar refractivity (Wildman–Crippen MR) is 91.8 cm³/mol. The van der Waals surface area contributed by atoms with Gasteiger partial charge in [0.2, 0.25) is 10.0 Å². The summed E-state index contributed by atoms with van der Waals surface area (Å²) in [5.41, 5.74) is 2.00. The van der Waals surface area contributed by atoms with Gasteiger partial charge in [0.05, 0.1) is 29.3 Å². The predicted octanol–water partition coefficient (Wildman–Crippen LogP) is 2.29. The number of sulfonamides is 1. The van der Waals surface area contributed by atoms with Crippen LogP contribution in [0.1, 0.15) is 25.2 Å². The van der Waals surface area contributed by atoms with Gasteiger partial charge in [-0.05, 0) is 39.8 Å². The molecule has 0 amide bonds. The van der Waals surface area contributed by atoms with Crippen molar-refractivity contribution in [1.82, 2.24) is 14.1 Å². The maximum Gasteiger partial charge on any atom is 0.246 e. The van der Waals surface area contributed by atoms with Crippen LogP contribution in [0, 0.1) is 13.8 Å². The third kappa shape index (κ3) is 2.99. The lowest BCUT2D eigenvalue weighted by atomic mass is 10.3. The zero-order valence-electron chi connectivity index (χ0n) is 14.4. The normalized spacial score (nSPS) is 22.7. The molecule has 0 saturated carbocycles. The molecule has 3 rings (SSSR count). The molecule has 0 N–H and O–H groups in total. The van der Waals surface area contributed by atoms with Gasteiger partial charge in [0.15, 0.2) is 0 Å². The minimum atomic E-state index is -3.61. The minimum absolute atomic E-state index is 0.117. The monoisotopic (exact) mass is 349 g/mol. The molecule has 2 heterocycles. The second-order valence-corrected chi connectivity index (χ2v) is 8.20. The topological polar surface area (TPSA) is 64.4 Å². The van der Waals surface area contributed by atoms with Gasteiger partial charge in [0, 0.05) is 13.1 Å². The lowest BCUT2D eigenvalue weighted by Crippen LogP contribution is -2.48. The number of aryl methyl sites for hydroxylation is 1. The maximum atomic E-state index is 13.2. The zero-order valence-corrected chi connectivity index (χ0v) is 15.2. The minimum Gasteiger partial charge on any atom is -0.373 e. The summed E-state index contributed by atoms with van der Waals surface area (Å²) in [4.78, 5) is 0.299. The first-order chi connectivity index (χ1) is 11.3. The molecule has 2 aromatic rings.